The Morgan fingerprint density at radius 3 is 2.32 bits per heavy atom. The number of carbonyl (C=O) groups excluding carboxylic acids is 3. The Kier molecular flexibility index (Phi) is 8.44. The van der Waals surface area contributed by atoms with Crippen LogP contribution in [0.4, 0.5) is 4.79 Å². The molecule has 1 amide bonds. The average molecular weight is 435 g/mol. The van der Waals surface area contributed by atoms with Crippen molar-refractivity contribution >= 4 is 18.0 Å². The molecule has 1 N–H and O–H groups in total. The first-order valence-electron chi connectivity index (χ1n) is 10.7. The molecule has 1 aliphatic rings. The second-order valence-corrected chi connectivity index (χ2v) is 8.61. The van der Waals surface area contributed by atoms with Gasteiger partial charge in [-0.3, -0.25) is 9.69 Å². The van der Waals surface area contributed by atoms with E-state index < -0.39 is 35.2 Å². The van der Waals surface area contributed by atoms with Crippen LogP contribution in [0.1, 0.15) is 46.6 Å². The van der Waals surface area contributed by atoms with Gasteiger partial charge in [-0.15, -0.1) is 0 Å². The van der Waals surface area contributed by atoms with Crippen LogP contribution in [0.3, 0.4) is 0 Å². The van der Waals surface area contributed by atoms with E-state index in [1.54, 1.807) is 34.6 Å². The van der Waals surface area contributed by atoms with Gasteiger partial charge in [0, 0.05) is 19.5 Å². The smallest absolute Gasteiger partial charge is 0.408 e. The number of esters is 2. The molecule has 1 aromatic carbocycles. The number of hydrogen-bond donors (Lipinski definition) is 1. The molecule has 8 heteroatoms. The maximum atomic E-state index is 12.9. The van der Waals surface area contributed by atoms with Crippen molar-refractivity contribution in [3.8, 4) is 0 Å². The zero-order valence-corrected chi connectivity index (χ0v) is 19.1. The monoisotopic (exact) mass is 434 g/mol. The highest BCUT2D eigenvalue weighted by Crippen LogP contribution is 2.30. The number of carbonyl (C=O) groups is 3. The highest BCUT2D eigenvalue weighted by molar-refractivity contribution is 5.89. The fourth-order valence-electron chi connectivity index (χ4n) is 3.66. The predicted octanol–water partition coefficient (Wildman–Crippen LogP) is 2.69. The Labute approximate surface area is 184 Å². The van der Waals surface area contributed by atoms with Gasteiger partial charge in [-0.2, -0.15) is 0 Å². The molecule has 1 aromatic rings. The van der Waals surface area contributed by atoms with Crippen molar-refractivity contribution < 1.29 is 28.6 Å². The van der Waals surface area contributed by atoms with Gasteiger partial charge in [0.05, 0.1) is 13.2 Å². The van der Waals surface area contributed by atoms with Crippen molar-refractivity contribution in [3.63, 3.8) is 0 Å². The quantitative estimate of drug-likeness (QED) is 0.497. The van der Waals surface area contributed by atoms with E-state index >= 15 is 0 Å². The van der Waals surface area contributed by atoms with Gasteiger partial charge >= 0.3 is 18.0 Å². The molecule has 1 heterocycles. The summed E-state index contributed by atoms with van der Waals surface area (Å²) in [5, 5.41) is 2.70. The van der Waals surface area contributed by atoms with Crippen LogP contribution in [0.15, 0.2) is 30.3 Å². The second-order valence-electron chi connectivity index (χ2n) is 8.61. The lowest BCUT2D eigenvalue weighted by molar-refractivity contribution is -0.150. The van der Waals surface area contributed by atoms with Crippen LogP contribution in [0, 0.1) is 0 Å². The molecular formula is C23H34N2O6. The summed E-state index contributed by atoms with van der Waals surface area (Å²) in [5.41, 5.74) is -1.02. The van der Waals surface area contributed by atoms with E-state index in [-0.39, 0.29) is 26.2 Å². The standard InChI is InChI=1S/C23H34N2O6/c1-6-29-19(26)18-15-23(20(27)30-7-2,24-21(28)31-22(3,4)5)16-25(18)14-13-17-11-9-8-10-12-17/h8-12,18H,6-7,13-16H2,1-5H3,(H,24,28). The molecule has 1 aliphatic heterocycles. The molecule has 31 heavy (non-hydrogen) atoms. The van der Waals surface area contributed by atoms with Crippen molar-refractivity contribution in [2.45, 2.75) is 64.6 Å². The third-order valence-electron chi connectivity index (χ3n) is 4.95. The number of amides is 1. The van der Waals surface area contributed by atoms with Crippen molar-refractivity contribution in [1.29, 1.82) is 0 Å². The molecule has 1 fully saturated rings. The molecule has 0 aromatic heterocycles. The number of rotatable bonds is 8. The molecule has 0 aliphatic carbocycles. The lowest BCUT2D eigenvalue weighted by atomic mass is 9.96. The largest absolute Gasteiger partial charge is 0.465 e. The van der Waals surface area contributed by atoms with Crippen LogP contribution in [0.2, 0.25) is 0 Å². The summed E-state index contributed by atoms with van der Waals surface area (Å²) in [6.07, 6.45) is 0.00825. The van der Waals surface area contributed by atoms with Gasteiger partial charge in [0.2, 0.25) is 0 Å². The summed E-state index contributed by atoms with van der Waals surface area (Å²) in [6.45, 7) is 9.69. The van der Waals surface area contributed by atoms with Crippen LogP contribution in [-0.4, -0.2) is 66.4 Å². The van der Waals surface area contributed by atoms with E-state index in [0.29, 0.717) is 13.0 Å². The summed E-state index contributed by atoms with van der Waals surface area (Å²) in [4.78, 5) is 40.0. The number of benzene rings is 1. The van der Waals surface area contributed by atoms with Crippen LogP contribution in [0.5, 0.6) is 0 Å². The third kappa shape index (κ3) is 6.95. The van der Waals surface area contributed by atoms with Crippen molar-refractivity contribution in [1.82, 2.24) is 10.2 Å². The molecule has 8 nitrogen and oxygen atoms in total. The van der Waals surface area contributed by atoms with Gasteiger partial charge in [0.15, 0.2) is 5.54 Å². The lowest BCUT2D eigenvalue weighted by Gasteiger charge is -2.29. The summed E-state index contributed by atoms with van der Waals surface area (Å²) < 4.78 is 15.9. The summed E-state index contributed by atoms with van der Waals surface area (Å²) >= 11 is 0. The van der Waals surface area contributed by atoms with E-state index in [9.17, 15) is 14.4 Å². The van der Waals surface area contributed by atoms with E-state index in [2.05, 4.69) is 5.32 Å². The van der Waals surface area contributed by atoms with Crippen LogP contribution in [-0.2, 0) is 30.2 Å². The molecule has 0 bridgehead atoms. The minimum atomic E-state index is -1.40. The normalized spacial score (nSPS) is 21.4. The summed E-state index contributed by atoms with van der Waals surface area (Å²) in [5.74, 6) is -1.01. The molecular weight excluding hydrogens is 400 g/mol. The zero-order valence-electron chi connectivity index (χ0n) is 19.1. The zero-order chi connectivity index (χ0) is 23.1. The Morgan fingerprint density at radius 2 is 1.74 bits per heavy atom. The van der Waals surface area contributed by atoms with Gasteiger partial charge < -0.3 is 19.5 Å². The van der Waals surface area contributed by atoms with Crippen molar-refractivity contribution in [2.75, 3.05) is 26.3 Å². The number of hydrogen-bond acceptors (Lipinski definition) is 7. The molecule has 0 spiro atoms. The molecule has 2 rings (SSSR count). The maximum absolute atomic E-state index is 12.9. The first kappa shape index (κ1) is 24.7. The third-order valence-corrected chi connectivity index (χ3v) is 4.95. The Balaban J connectivity index is 2.27. The predicted molar refractivity (Wildman–Crippen MR) is 115 cm³/mol. The number of likely N-dealkylation sites (tertiary alicyclic amines) is 1. The topological polar surface area (TPSA) is 94.2 Å². The van der Waals surface area contributed by atoms with E-state index in [1.807, 2.05) is 35.2 Å². The SMILES string of the molecule is CCOC(=O)C1CC(NC(=O)OC(C)(C)C)(C(=O)OCC)CN1CCc1ccccc1. The summed E-state index contributed by atoms with van der Waals surface area (Å²) in [6, 6.07) is 9.18. The Morgan fingerprint density at radius 1 is 1.10 bits per heavy atom. The highest BCUT2D eigenvalue weighted by atomic mass is 16.6. The first-order valence-corrected chi connectivity index (χ1v) is 10.7. The Bertz CT molecular complexity index is 761. The molecule has 2 unspecified atom stereocenters. The number of ether oxygens (including phenoxy) is 3. The summed E-state index contributed by atoms with van der Waals surface area (Å²) in [7, 11) is 0. The lowest BCUT2D eigenvalue weighted by Crippen LogP contribution is -2.58. The van der Waals surface area contributed by atoms with Crippen LogP contribution in [0.25, 0.3) is 0 Å². The minimum absolute atomic E-state index is 0.0543. The molecule has 172 valence electrons. The molecule has 2 atom stereocenters. The highest BCUT2D eigenvalue weighted by Gasteiger charge is 2.54. The van der Waals surface area contributed by atoms with Gasteiger partial charge in [0.1, 0.15) is 11.6 Å². The average Bonchev–Trinajstić information content (AvgIpc) is 3.06. The van der Waals surface area contributed by atoms with Crippen LogP contribution >= 0.6 is 0 Å². The van der Waals surface area contributed by atoms with Crippen molar-refractivity contribution in [3.05, 3.63) is 35.9 Å². The van der Waals surface area contributed by atoms with Gasteiger partial charge in [-0.1, -0.05) is 30.3 Å². The number of nitrogens with zero attached hydrogens (tertiary/aromatic N) is 1. The first-order chi connectivity index (χ1) is 14.6. The second kappa shape index (κ2) is 10.6. The van der Waals surface area contributed by atoms with Crippen LogP contribution < -0.4 is 5.32 Å². The Hall–Kier alpha value is -2.61. The van der Waals surface area contributed by atoms with Crippen molar-refractivity contribution in [2.24, 2.45) is 0 Å². The van der Waals surface area contributed by atoms with E-state index in [1.165, 1.54) is 0 Å². The van der Waals surface area contributed by atoms with Gasteiger partial charge in [-0.05, 0) is 46.6 Å². The molecule has 0 saturated carbocycles. The fourth-order valence-corrected chi connectivity index (χ4v) is 3.66. The van der Waals surface area contributed by atoms with E-state index in [4.69, 9.17) is 14.2 Å². The van der Waals surface area contributed by atoms with Gasteiger partial charge in [-0.25, -0.2) is 9.59 Å². The van der Waals surface area contributed by atoms with E-state index in [0.717, 1.165) is 5.56 Å². The minimum Gasteiger partial charge on any atom is -0.465 e. The fraction of sp³-hybridized carbons (Fsp3) is 0.609. The molecule has 0 radical (unpaired) electrons. The maximum Gasteiger partial charge on any atom is 0.408 e. The molecule has 1 saturated heterocycles. The number of alkyl carbamates (subject to hydrolysis) is 1. The van der Waals surface area contributed by atoms with Gasteiger partial charge in [0.25, 0.3) is 0 Å². The number of nitrogens with one attached hydrogen (secondary N) is 1.